The highest BCUT2D eigenvalue weighted by atomic mass is 32.2. The Balaban J connectivity index is 1.51. The van der Waals surface area contributed by atoms with Crippen LogP contribution in [0.1, 0.15) is 39.1 Å². The van der Waals surface area contributed by atoms with Gasteiger partial charge in [-0.3, -0.25) is 9.59 Å². The number of methoxy groups -OCH3 is 2. The number of amides is 2. The number of nitrogens with zero attached hydrogens (tertiary/aromatic N) is 2. The van der Waals surface area contributed by atoms with Gasteiger partial charge in [0.15, 0.2) is 0 Å². The number of thioether (sulfide) groups is 1. The highest BCUT2D eigenvalue weighted by Gasteiger charge is 2.47. The van der Waals surface area contributed by atoms with Crippen LogP contribution in [0.15, 0.2) is 42.5 Å². The Morgan fingerprint density at radius 1 is 0.935 bits per heavy atom. The molecule has 2 fully saturated rings. The van der Waals surface area contributed by atoms with Crippen LogP contribution in [-0.4, -0.2) is 66.1 Å². The monoisotopic (exact) mass is 440 g/mol. The number of piperidine rings is 1. The van der Waals surface area contributed by atoms with Crippen molar-refractivity contribution in [3.05, 3.63) is 59.2 Å². The van der Waals surface area contributed by atoms with Gasteiger partial charge in [0.1, 0.15) is 17.1 Å². The lowest BCUT2D eigenvalue weighted by Crippen LogP contribution is -2.53. The van der Waals surface area contributed by atoms with Gasteiger partial charge in [0.05, 0.1) is 19.1 Å². The molecule has 2 aliphatic heterocycles. The molecule has 1 spiro atoms. The van der Waals surface area contributed by atoms with Gasteiger partial charge in [-0.1, -0.05) is 23.8 Å². The third kappa shape index (κ3) is 3.99. The fourth-order valence-electron chi connectivity index (χ4n) is 4.52. The van der Waals surface area contributed by atoms with E-state index in [4.69, 9.17) is 9.47 Å². The van der Waals surface area contributed by atoms with Crippen molar-refractivity contribution in [2.24, 2.45) is 0 Å². The molecule has 2 aromatic rings. The molecule has 4 rings (SSSR count). The van der Waals surface area contributed by atoms with E-state index in [0.717, 1.165) is 36.3 Å². The van der Waals surface area contributed by atoms with Crippen LogP contribution in [0.4, 0.5) is 0 Å². The number of ether oxygens (including phenoxy) is 2. The average Bonchev–Trinajstić information content (AvgIpc) is 3.20. The molecule has 31 heavy (non-hydrogen) atoms. The summed E-state index contributed by atoms with van der Waals surface area (Å²) < 4.78 is 10.8. The normalized spacial score (nSPS) is 17.6. The molecule has 2 saturated heterocycles. The number of rotatable bonds is 4. The van der Waals surface area contributed by atoms with E-state index in [1.807, 2.05) is 58.8 Å². The average molecular weight is 441 g/mol. The summed E-state index contributed by atoms with van der Waals surface area (Å²) in [4.78, 5) is 30.2. The van der Waals surface area contributed by atoms with Gasteiger partial charge in [-0.15, -0.1) is 11.8 Å². The lowest BCUT2D eigenvalue weighted by Gasteiger charge is -2.44. The van der Waals surface area contributed by atoms with Crippen LogP contribution in [0.5, 0.6) is 11.5 Å². The molecule has 0 N–H and O–H groups in total. The first kappa shape index (κ1) is 21.6. The minimum Gasteiger partial charge on any atom is -0.496 e. The SMILES string of the molecule is COc1cccc(OC)c1C(=O)N1CCC2(CC1)SCCN2C(=O)c1cccc(C)c1. The van der Waals surface area contributed by atoms with Crippen molar-refractivity contribution in [1.29, 1.82) is 0 Å². The van der Waals surface area contributed by atoms with Gasteiger partial charge in [0, 0.05) is 31.0 Å². The van der Waals surface area contributed by atoms with Crippen molar-refractivity contribution < 1.29 is 19.1 Å². The first-order valence-electron chi connectivity index (χ1n) is 10.5. The summed E-state index contributed by atoms with van der Waals surface area (Å²) in [6.45, 7) is 3.92. The van der Waals surface area contributed by atoms with Gasteiger partial charge < -0.3 is 19.3 Å². The molecule has 0 aliphatic carbocycles. The number of benzene rings is 2. The standard InChI is InChI=1S/C24H28N2O4S/c1-17-6-4-7-18(16-17)22(27)26-14-15-31-24(26)10-12-25(13-11-24)23(28)21-19(29-2)8-5-9-20(21)30-3/h4-9,16H,10-15H2,1-3H3. The van der Waals surface area contributed by atoms with Crippen molar-refractivity contribution in [2.45, 2.75) is 24.6 Å². The van der Waals surface area contributed by atoms with Gasteiger partial charge in [-0.05, 0) is 44.0 Å². The van der Waals surface area contributed by atoms with Crippen molar-refractivity contribution in [1.82, 2.24) is 9.80 Å². The zero-order valence-electron chi connectivity index (χ0n) is 18.2. The highest BCUT2D eigenvalue weighted by molar-refractivity contribution is 8.00. The maximum Gasteiger partial charge on any atom is 0.261 e. The molecule has 0 bridgehead atoms. The van der Waals surface area contributed by atoms with Crippen LogP contribution >= 0.6 is 11.8 Å². The molecular weight excluding hydrogens is 412 g/mol. The summed E-state index contributed by atoms with van der Waals surface area (Å²) in [7, 11) is 3.11. The molecule has 0 aromatic heterocycles. The van der Waals surface area contributed by atoms with E-state index in [0.29, 0.717) is 30.2 Å². The van der Waals surface area contributed by atoms with Gasteiger partial charge in [0.25, 0.3) is 11.8 Å². The van der Waals surface area contributed by atoms with E-state index >= 15 is 0 Å². The second-order valence-corrected chi connectivity index (χ2v) is 9.41. The van der Waals surface area contributed by atoms with Gasteiger partial charge in [-0.25, -0.2) is 0 Å². The molecular formula is C24H28N2O4S. The smallest absolute Gasteiger partial charge is 0.261 e. The third-order valence-electron chi connectivity index (χ3n) is 6.16. The molecule has 2 heterocycles. The predicted octanol–water partition coefficient (Wildman–Crippen LogP) is 3.83. The number of carbonyl (C=O) groups is 2. The van der Waals surface area contributed by atoms with Crippen LogP contribution in [-0.2, 0) is 0 Å². The molecule has 7 heteroatoms. The largest absolute Gasteiger partial charge is 0.496 e. The van der Waals surface area contributed by atoms with E-state index in [-0.39, 0.29) is 16.7 Å². The summed E-state index contributed by atoms with van der Waals surface area (Å²) in [6.07, 6.45) is 1.50. The predicted molar refractivity (Wildman–Crippen MR) is 122 cm³/mol. The van der Waals surface area contributed by atoms with E-state index in [2.05, 4.69) is 0 Å². The molecule has 2 amide bonds. The zero-order valence-corrected chi connectivity index (χ0v) is 19.0. The van der Waals surface area contributed by atoms with E-state index in [1.54, 1.807) is 26.4 Å². The Morgan fingerprint density at radius 2 is 1.58 bits per heavy atom. The summed E-state index contributed by atoms with van der Waals surface area (Å²) in [5.41, 5.74) is 2.27. The fraction of sp³-hybridized carbons (Fsp3) is 0.417. The molecule has 0 atom stereocenters. The molecule has 0 unspecified atom stereocenters. The summed E-state index contributed by atoms with van der Waals surface area (Å²) in [5.74, 6) is 1.93. The maximum atomic E-state index is 13.3. The highest BCUT2D eigenvalue weighted by Crippen LogP contribution is 2.45. The Kier molecular flexibility index (Phi) is 6.14. The first-order valence-corrected chi connectivity index (χ1v) is 11.5. The number of hydrogen-bond acceptors (Lipinski definition) is 5. The van der Waals surface area contributed by atoms with Gasteiger partial charge >= 0.3 is 0 Å². The molecule has 0 saturated carbocycles. The second kappa shape index (κ2) is 8.83. The Morgan fingerprint density at radius 3 is 2.19 bits per heavy atom. The minimum absolute atomic E-state index is 0.0832. The molecule has 6 nitrogen and oxygen atoms in total. The molecule has 2 aromatic carbocycles. The Labute approximate surface area is 187 Å². The molecule has 0 radical (unpaired) electrons. The Hall–Kier alpha value is -2.67. The molecule has 2 aliphatic rings. The van der Waals surface area contributed by atoms with Gasteiger partial charge in [-0.2, -0.15) is 0 Å². The van der Waals surface area contributed by atoms with Crippen LogP contribution < -0.4 is 9.47 Å². The second-order valence-electron chi connectivity index (χ2n) is 7.95. The summed E-state index contributed by atoms with van der Waals surface area (Å²) in [5, 5.41) is 0. The van der Waals surface area contributed by atoms with Crippen molar-refractivity contribution in [3.63, 3.8) is 0 Å². The lowest BCUT2D eigenvalue weighted by molar-refractivity contribution is 0.0495. The molecule has 164 valence electrons. The number of likely N-dealkylation sites (tertiary alicyclic amines) is 1. The summed E-state index contributed by atoms with van der Waals surface area (Å²) in [6, 6.07) is 13.1. The van der Waals surface area contributed by atoms with Crippen LogP contribution in [0.2, 0.25) is 0 Å². The van der Waals surface area contributed by atoms with Crippen molar-refractivity contribution in [3.8, 4) is 11.5 Å². The van der Waals surface area contributed by atoms with Crippen LogP contribution in [0.25, 0.3) is 0 Å². The first-order chi connectivity index (χ1) is 15.0. The van der Waals surface area contributed by atoms with Gasteiger partial charge in [0.2, 0.25) is 0 Å². The number of hydrogen-bond donors (Lipinski definition) is 0. The van der Waals surface area contributed by atoms with Crippen LogP contribution in [0.3, 0.4) is 0 Å². The van der Waals surface area contributed by atoms with Crippen molar-refractivity contribution >= 4 is 23.6 Å². The van der Waals surface area contributed by atoms with E-state index < -0.39 is 0 Å². The van der Waals surface area contributed by atoms with Crippen molar-refractivity contribution in [2.75, 3.05) is 39.6 Å². The third-order valence-corrected chi connectivity index (χ3v) is 7.71. The maximum absolute atomic E-state index is 13.3. The van der Waals surface area contributed by atoms with Crippen LogP contribution in [0, 0.1) is 6.92 Å². The lowest BCUT2D eigenvalue weighted by atomic mass is 9.99. The van der Waals surface area contributed by atoms with E-state index in [9.17, 15) is 9.59 Å². The topological polar surface area (TPSA) is 59.1 Å². The number of carbonyl (C=O) groups excluding carboxylic acids is 2. The summed E-state index contributed by atoms with van der Waals surface area (Å²) >= 11 is 1.84. The minimum atomic E-state index is -0.248. The zero-order chi connectivity index (χ0) is 22.0. The fourth-order valence-corrected chi connectivity index (χ4v) is 5.98. The Bertz CT molecular complexity index is 963. The number of aryl methyl sites for hydroxylation is 1. The van der Waals surface area contributed by atoms with E-state index in [1.165, 1.54) is 0 Å². The quantitative estimate of drug-likeness (QED) is 0.723.